The summed E-state index contributed by atoms with van der Waals surface area (Å²) in [5.41, 5.74) is 0. The summed E-state index contributed by atoms with van der Waals surface area (Å²) in [6.07, 6.45) is 2.04. The number of hydrogen-bond donors (Lipinski definition) is 0. The minimum Gasteiger partial charge on any atom is -0.455 e. The highest BCUT2D eigenvalue weighted by molar-refractivity contribution is 6.04. The topological polar surface area (TPSA) is 60.4 Å². The Morgan fingerprint density at radius 2 is 2.07 bits per heavy atom. The molecule has 0 saturated heterocycles. The fourth-order valence-electron chi connectivity index (χ4n) is 1.87. The highest BCUT2D eigenvalue weighted by Gasteiger charge is 2.32. The van der Waals surface area contributed by atoms with Crippen molar-refractivity contribution in [2.45, 2.75) is 45.6 Å². The van der Waals surface area contributed by atoms with Gasteiger partial charge in [0, 0.05) is 13.3 Å². The Hall–Kier alpha value is -1.19. The van der Waals surface area contributed by atoms with Gasteiger partial charge in [0.15, 0.2) is 11.9 Å². The minimum atomic E-state index is -0.797. The standard InChI is InChI=1S/C11H16O4/c1-7(15-8(2)12)11(14)9-5-3-4-6-10(9)13/h7,9H,3-6H2,1-2H3. The maximum absolute atomic E-state index is 11.7. The summed E-state index contributed by atoms with van der Waals surface area (Å²) in [5.74, 6) is -1.30. The molecular formula is C11H16O4. The van der Waals surface area contributed by atoms with Crippen molar-refractivity contribution in [1.82, 2.24) is 0 Å². The van der Waals surface area contributed by atoms with E-state index in [0.717, 1.165) is 12.8 Å². The van der Waals surface area contributed by atoms with E-state index in [9.17, 15) is 14.4 Å². The van der Waals surface area contributed by atoms with Gasteiger partial charge in [-0.1, -0.05) is 6.42 Å². The van der Waals surface area contributed by atoms with Crippen molar-refractivity contribution < 1.29 is 19.1 Å². The zero-order chi connectivity index (χ0) is 11.4. The highest BCUT2D eigenvalue weighted by atomic mass is 16.5. The van der Waals surface area contributed by atoms with Crippen molar-refractivity contribution in [3.8, 4) is 0 Å². The molecule has 0 aliphatic heterocycles. The van der Waals surface area contributed by atoms with Crippen molar-refractivity contribution in [2.75, 3.05) is 0 Å². The fourth-order valence-corrected chi connectivity index (χ4v) is 1.87. The molecule has 1 aliphatic rings. The molecule has 0 heterocycles. The Morgan fingerprint density at radius 1 is 1.40 bits per heavy atom. The SMILES string of the molecule is CC(=O)OC(C)C(=O)C1CCCCC1=O. The lowest BCUT2D eigenvalue weighted by atomic mass is 9.83. The first-order valence-corrected chi connectivity index (χ1v) is 5.26. The molecule has 84 valence electrons. The Kier molecular flexibility index (Phi) is 4.00. The van der Waals surface area contributed by atoms with Crippen LogP contribution in [0, 0.1) is 5.92 Å². The van der Waals surface area contributed by atoms with E-state index in [0.29, 0.717) is 12.8 Å². The van der Waals surface area contributed by atoms with Crippen LogP contribution in [0.25, 0.3) is 0 Å². The zero-order valence-electron chi connectivity index (χ0n) is 9.12. The van der Waals surface area contributed by atoms with Gasteiger partial charge in [0.25, 0.3) is 0 Å². The van der Waals surface area contributed by atoms with Crippen molar-refractivity contribution in [3.63, 3.8) is 0 Å². The van der Waals surface area contributed by atoms with Crippen molar-refractivity contribution in [2.24, 2.45) is 5.92 Å². The Balaban J connectivity index is 2.58. The molecule has 0 bridgehead atoms. The first kappa shape index (κ1) is 11.9. The van der Waals surface area contributed by atoms with Crippen LogP contribution >= 0.6 is 0 Å². The van der Waals surface area contributed by atoms with Crippen LogP contribution in [0.5, 0.6) is 0 Å². The van der Waals surface area contributed by atoms with Crippen molar-refractivity contribution >= 4 is 17.5 Å². The molecule has 0 spiro atoms. The fraction of sp³-hybridized carbons (Fsp3) is 0.727. The second-order valence-corrected chi connectivity index (χ2v) is 3.92. The molecule has 0 aromatic carbocycles. The monoisotopic (exact) mass is 212 g/mol. The number of Topliss-reactive ketones (excluding diaryl/α,β-unsaturated/α-hetero) is 2. The lowest BCUT2D eigenvalue weighted by Gasteiger charge is -2.21. The average molecular weight is 212 g/mol. The summed E-state index contributed by atoms with van der Waals surface area (Å²) in [6.45, 7) is 2.78. The molecule has 15 heavy (non-hydrogen) atoms. The molecule has 0 radical (unpaired) electrons. The van der Waals surface area contributed by atoms with Gasteiger partial charge in [-0.05, 0) is 19.8 Å². The molecule has 1 fully saturated rings. The zero-order valence-corrected chi connectivity index (χ0v) is 9.12. The van der Waals surface area contributed by atoms with Crippen molar-refractivity contribution in [1.29, 1.82) is 0 Å². The minimum absolute atomic E-state index is 0.00903. The van der Waals surface area contributed by atoms with Gasteiger partial charge >= 0.3 is 5.97 Å². The second-order valence-electron chi connectivity index (χ2n) is 3.92. The molecule has 4 nitrogen and oxygen atoms in total. The third kappa shape index (κ3) is 3.15. The number of ether oxygens (including phenoxy) is 1. The molecule has 1 aliphatic carbocycles. The maximum Gasteiger partial charge on any atom is 0.303 e. The molecular weight excluding hydrogens is 196 g/mol. The van der Waals surface area contributed by atoms with Crippen LogP contribution in [0.4, 0.5) is 0 Å². The number of esters is 1. The van der Waals surface area contributed by atoms with Crippen molar-refractivity contribution in [3.05, 3.63) is 0 Å². The third-order valence-electron chi connectivity index (χ3n) is 2.64. The van der Waals surface area contributed by atoms with Gasteiger partial charge in [-0.2, -0.15) is 0 Å². The molecule has 0 aromatic heterocycles. The number of rotatable bonds is 3. The summed E-state index contributed by atoms with van der Waals surface area (Å²) in [6, 6.07) is 0. The van der Waals surface area contributed by atoms with Crippen LogP contribution in [0.2, 0.25) is 0 Å². The lowest BCUT2D eigenvalue weighted by Crippen LogP contribution is -2.35. The Bertz CT molecular complexity index is 282. The van der Waals surface area contributed by atoms with Gasteiger partial charge in [0.1, 0.15) is 5.78 Å². The van der Waals surface area contributed by atoms with Gasteiger partial charge in [0.05, 0.1) is 5.92 Å². The van der Waals surface area contributed by atoms with Gasteiger partial charge in [-0.3, -0.25) is 14.4 Å². The van der Waals surface area contributed by atoms with Gasteiger partial charge in [-0.15, -0.1) is 0 Å². The summed E-state index contributed by atoms with van der Waals surface area (Å²) < 4.78 is 4.77. The lowest BCUT2D eigenvalue weighted by molar-refractivity contribution is -0.155. The third-order valence-corrected chi connectivity index (χ3v) is 2.64. The largest absolute Gasteiger partial charge is 0.455 e. The smallest absolute Gasteiger partial charge is 0.303 e. The predicted molar refractivity (Wildman–Crippen MR) is 53.2 cm³/mol. The number of carbonyl (C=O) groups is 3. The van der Waals surface area contributed by atoms with E-state index in [1.165, 1.54) is 13.8 Å². The molecule has 4 heteroatoms. The molecule has 2 atom stereocenters. The van der Waals surface area contributed by atoms with E-state index in [1.54, 1.807) is 0 Å². The van der Waals surface area contributed by atoms with E-state index in [1.807, 2.05) is 0 Å². The van der Waals surface area contributed by atoms with Gasteiger partial charge in [-0.25, -0.2) is 0 Å². The van der Waals surface area contributed by atoms with E-state index in [-0.39, 0.29) is 11.6 Å². The van der Waals surface area contributed by atoms with Gasteiger partial charge < -0.3 is 4.74 Å². The highest BCUT2D eigenvalue weighted by Crippen LogP contribution is 2.23. The molecule has 1 rings (SSSR count). The molecule has 1 saturated carbocycles. The number of ketones is 2. The first-order chi connectivity index (χ1) is 7.02. The van der Waals surface area contributed by atoms with Crippen LogP contribution in [0.3, 0.4) is 0 Å². The van der Waals surface area contributed by atoms with E-state index in [2.05, 4.69) is 0 Å². The quantitative estimate of drug-likeness (QED) is 0.522. The van der Waals surface area contributed by atoms with Crippen LogP contribution in [-0.4, -0.2) is 23.6 Å². The maximum atomic E-state index is 11.7. The van der Waals surface area contributed by atoms with E-state index >= 15 is 0 Å². The molecule has 2 unspecified atom stereocenters. The molecule has 0 N–H and O–H groups in total. The summed E-state index contributed by atoms with van der Waals surface area (Å²) in [5, 5.41) is 0. The molecule has 0 aromatic rings. The number of hydrogen-bond acceptors (Lipinski definition) is 4. The summed E-state index contributed by atoms with van der Waals surface area (Å²) in [4.78, 5) is 33.9. The number of carbonyl (C=O) groups excluding carboxylic acids is 3. The summed E-state index contributed by atoms with van der Waals surface area (Å²) >= 11 is 0. The van der Waals surface area contributed by atoms with Crippen LogP contribution < -0.4 is 0 Å². The van der Waals surface area contributed by atoms with E-state index in [4.69, 9.17) is 4.74 Å². The first-order valence-electron chi connectivity index (χ1n) is 5.26. The van der Waals surface area contributed by atoms with Gasteiger partial charge in [0.2, 0.25) is 0 Å². The predicted octanol–water partition coefficient (Wildman–Crippen LogP) is 1.27. The van der Waals surface area contributed by atoms with Crippen LogP contribution in [-0.2, 0) is 19.1 Å². The Labute approximate surface area is 89.0 Å². The summed E-state index contributed by atoms with van der Waals surface area (Å²) in [7, 11) is 0. The molecule has 0 amide bonds. The Morgan fingerprint density at radius 3 is 2.60 bits per heavy atom. The van der Waals surface area contributed by atoms with E-state index < -0.39 is 18.0 Å². The second kappa shape index (κ2) is 5.05. The van der Waals surface area contributed by atoms with Crippen LogP contribution in [0.15, 0.2) is 0 Å². The van der Waals surface area contributed by atoms with Crippen LogP contribution in [0.1, 0.15) is 39.5 Å². The normalized spacial score (nSPS) is 23.3. The average Bonchev–Trinajstić information content (AvgIpc) is 2.16.